The molecule has 2 aromatic heterocycles. The number of pyridine rings is 1. The average molecular weight is 465 g/mol. The van der Waals surface area contributed by atoms with E-state index in [4.69, 9.17) is 9.72 Å². The Morgan fingerprint density at radius 1 is 0.971 bits per heavy atom. The molecule has 0 saturated carbocycles. The number of rotatable bonds is 7. The lowest BCUT2D eigenvalue weighted by atomic mass is 10.1. The predicted molar refractivity (Wildman–Crippen MR) is 127 cm³/mol. The fraction of sp³-hybridized carbons (Fsp3) is 0.308. The number of aromatic amines is 1. The summed E-state index contributed by atoms with van der Waals surface area (Å²) in [6.45, 7) is 0.215. The molecular weight excluding hydrogens is 438 g/mol. The third-order valence-electron chi connectivity index (χ3n) is 6.28. The van der Waals surface area contributed by atoms with E-state index >= 15 is 0 Å². The Morgan fingerprint density at radius 2 is 1.76 bits per heavy atom. The first-order chi connectivity index (χ1) is 16.6. The van der Waals surface area contributed by atoms with Crippen LogP contribution in [0.25, 0.3) is 22.2 Å². The lowest BCUT2D eigenvalue weighted by molar-refractivity contribution is -0.0504. The Labute approximate surface area is 195 Å². The molecule has 0 bridgehead atoms. The standard InChI is InChI=1S/C26H26F2N4O2/c27-26(28)34-23-7-3-2-6-20(23)16-32-22-14-18(19-9-11-25(33)29-15-19)8-10-21(22)30-24(32)17-31-12-4-1-5-13-31/h2-3,6-11,14-15,26H,1,4-5,12-13,16-17H2,(H,29,33). The maximum atomic E-state index is 13.0. The molecule has 2 aromatic carbocycles. The number of fused-ring (bicyclic) bond motifs is 1. The number of piperidine rings is 1. The topological polar surface area (TPSA) is 63.1 Å². The molecule has 1 aliphatic heterocycles. The fourth-order valence-electron chi connectivity index (χ4n) is 4.57. The van der Waals surface area contributed by atoms with Crippen molar-refractivity contribution in [1.82, 2.24) is 19.4 Å². The highest BCUT2D eigenvalue weighted by Gasteiger charge is 2.19. The molecular formula is C26H26F2N4O2. The number of benzene rings is 2. The van der Waals surface area contributed by atoms with Gasteiger partial charge in [0.05, 0.1) is 24.1 Å². The zero-order chi connectivity index (χ0) is 23.5. The minimum atomic E-state index is -2.89. The Bertz CT molecular complexity index is 1320. The first kappa shape index (κ1) is 22.3. The van der Waals surface area contributed by atoms with Crippen LogP contribution in [0.15, 0.2) is 65.6 Å². The summed E-state index contributed by atoms with van der Waals surface area (Å²) in [6, 6.07) is 16.1. The molecule has 0 aliphatic carbocycles. The molecule has 34 heavy (non-hydrogen) atoms. The van der Waals surface area contributed by atoms with Gasteiger partial charge in [0, 0.05) is 17.8 Å². The number of aromatic nitrogens is 3. The molecule has 4 aromatic rings. The van der Waals surface area contributed by atoms with E-state index in [-0.39, 0.29) is 11.3 Å². The summed E-state index contributed by atoms with van der Waals surface area (Å²) in [5, 5.41) is 0. The van der Waals surface area contributed by atoms with Gasteiger partial charge in [0.2, 0.25) is 5.56 Å². The Kier molecular flexibility index (Phi) is 6.40. The number of nitrogens with zero attached hydrogens (tertiary/aromatic N) is 3. The zero-order valence-corrected chi connectivity index (χ0v) is 18.7. The maximum absolute atomic E-state index is 13.0. The summed E-state index contributed by atoms with van der Waals surface area (Å²) in [5.74, 6) is 1.06. The van der Waals surface area contributed by atoms with Crippen LogP contribution in [-0.4, -0.2) is 39.1 Å². The molecule has 8 heteroatoms. The summed E-state index contributed by atoms with van der Waals surface area (Å²) in [6.07, 6.45) is 5.27. The van der Waals surface area contributed by atoms with Crippen LogP contribution >= 0.6 is 0 Å². The molecule has 0 spiro atoms. The second-order valence-corrected chi connectivity index (χ2v) is 8.58. The monoisotopic (exact) mass is 464 g/mol. The highest BCUT2D eigenvalue weighted by molar-refractivity contribution is 5.82. The minimum absolute atomic E-state index is 0.158. The Balaban J connectivity index is 1.58. The second-order valence-electron chi connectivity index (χ2n) is 8.58. The van der Waals surface area contributed by atoms with Crippen LogP contribution < -0.4 is 10.3 Å². The number of halogens is 2. The van der Waals surface area contributed by atoms with Gasteiger partial charge in [-0.25, -0.2) is 4.98 Å². The Hall–Kier alpha value is -3.52. The van der Waals surface area contributed by atoms with E-state index in [1.807, 2.05) is 24.3 Å². The van der Waals surface area contributed by atoms with Gasteiger partial charge in [0.15, 0.2) is 0 Å². The van der Waals surface area contributed by atoms with E-state index in [0.29, 0.717) is 18.7 Å². The molecule has 5 rings (SSSR count). The van der Waals surface area contributed by atoms with Gasteiger partial charge in [0.25, 0.3) is 0 Å². The summed E-state index contributed by atoms with van der Waals surface area (Å²) < 4.78 is 32.9. The van der Waals surface area contributed by atoms with Crippen molar-refractivity contribution in [2.24, 2.45) is 0 Å². The molecule has 0 atom stereocenters. The second kappa shape index (κ2) is 9.77. The number of likely N-dealkylation sites (tertiary alicyclic amines) is 1. The summed E-state index contributed by atoms with van der Waals surface area (Å²) in [4.78, 5) is 21.5. The predicted octanol–water partition coefficient (Wildman–Crippen LogP) is 5.03. The molecule has 176 valence electrons. The van der Waals surface area contributed by atoms with Crippen LogP contribution in [0.1, 0.15) is 30.7 Å². The van der Waals surface area contributed by atoms with E-state index in [9.17, 15) is 13.6 Å². The molecule has 0 amide bonds. The normalized spacial score (nSPS) is 14.7. The van der Waals surface area contributed by atoms with Gasteiger partial charge < -0.3 is 14.3 Å². The van der Waals surface area contributed by atoms with Crippen LogP contribution in [0, 0.1) is 0 Å². The van der Waals surface area contributed by atoms with E-state index < -0.39 is 6.61 Å². The number of hydrogen-bond donors (Lipinski definition) is 1. The van der Waals surface area contributed by atoms with Crippen molar-refractivity contribution >= 4 is 11.0 Å². The number of H-pyrrole nitrogens is 1. The third kappa shape index (κ3) is 4.87. The van der Waals surface area contributed by atoms with Gasteiger partial charge in [-0.1, -0.05) is 30.7 Å². The number of hydrogen-bond acceptors (Lipinski definition) is 4. The first-order valence-electron chi connectivity index (χ1n) is 11.5. The molecule has 1 fully saturated rings. The first-order valence-corrected chi connectivity index (χ1v) is 11.5. The molecule has 0 radical (unpaired) electrons. The average Bonchev–Trinajstić information content (AvgIpc) is 3.17. The number of para-hydroxylation sites is 1. The van der Waals surface area contributed by atoms with Gasteiger partial charge in [0.1, 0.15) is 11.6 Å². The van der Waals surface area contributed by atoms with Gasteiger partial charge in [-0.3, -0.25) is 9.69 Å². The smallest absolute Gasteiger partial charge is 0.387 e. The number of imidazole rings is 1. The van der Waals surface area contributed by atoms with E-state index in [2.05, 4.69) is 14.5 Å². The van der Waals surface area contributed by atoms with E-state index in [0.717, 1.165) is 41.1 Å². The highest BCUT2D eigenvalue weighted by Crippen LogP contribution is 2.28. The number of alkyl halides is 2. The number of ether oxygens (including phenoxy) is 1. The van der Waals surface area contributed by atoms with Gasteiger partial charge in [-0.15, -0.1) is 0 Å². The van der Waals surface area contributed by atoms with Crippen molar-refractivity contribution in [3.05, 3.63) is 82.5 Å². The summed E-state index contributed by atoms with van der Waals surface area (Å²) in [5.41, 5.74) is 4.07. The van der Waals surface area contributed by atoms with Crippen LogP contribution in [0.3, 0.4) is 0 Å². The van der Waals surface area contributed by atoms with Crippen LogP contribution in [0.4, 0.5) is 8.78 Å². The van der Waals surface area contributed by atoms with Crippen molar-refractivity contribution in [3.8, 4) is 16.9 Å². The van der Waals surface area contributed by atoms with Crippen molar-refractivity contribution in [2.45, 2.75) is 39.0 Å². The molecule has 3 heterocycles. The maximum Gasteiger partial charge on any atom is 0.387 e. The van der Waals surface area contributed by atoms with Crippen molar-refractivity contribution in [1.29, 1.82) is 0 Å². The molecule has 1 N–H and O–H groups in total. The van der Waals surface area contributed by atoms with Crippen LogP contribution in [-0.2, 0) is 13.1 Å². The Morgan fingerprint density at radius 3 is 2.53 bits per heavy atom. The molecule has 1 aliphatic rings. The van der Waals surface area contributed by atoms with Crippen LogP contribution in [0.2, 0.25) is 0 Å². The van der Waals surface area contributed by atoms with Crippen molar-refractivity contribution < 1.29 is 13.5 Å². The molecule has 0 unspecified atom stereocenters. The fourth-order valence-corrected chi connectivity index (χ4v) is 4.57. The minimum Gasteiger partial charge on any atom is -0.434 e. The van der Waals surface area contributed by atoms with Gasteiger partial charge >= 0.3 is 6.61 Å². The van der Waals surface area contributed by atoms with Gasteiger partial charge in [-0.05, 0) is 61.3 Å². The number of nitrogens with one attached hydrogen (secondary N) is 1. The summed E-state index contributed by atoms with van der Waals surface area (Å²) in [7, 11) is 0. The van der Waals surface area contributed by atoms with E-state index in [1.54, 1.807) is 30.5 Å². The van der Waals surface area contributed by atoms with E-state index in [1.165, 1.54) is 25.3 Å². The third-order valence-corrected chi connectivity index (χ3v) is 6.28. The SMILES string of the molecule is O=c1ccc(-c2ccc3nc(CN4CCCCC4)n(Cc4ccccc4OC(F)F)c3c2)c[nH]1. The van der Waals surface area contributed by atoms with Gasteiger partial charge in [-0.2, -0.15) is 8.78 Å². The quantitative estimate of drug-likeness (QED) is 0.417. The largest absolute Gasteiger partial charge is 0.434 e. The molecule has 1 saturated heterocycles. The van der Waals surface area contributed by atoms with Crippen LogP contribution in [0.5, 0.6) is 5.75 Å². The van der Waals surface area contributed by atoms with Crippen molar-refractivity contribution in [3.63, 3.8) is 0 Å². The zero-order valence-electron chi connectivity index (χ0n) is 18.7. The highest BCUT2D eigenvalue weighted by atomic mass is 19.3. The lowest BCUT2D eigenvalue weighted by Crippen LogP contribution is -2.30. The lowest BCUT2D eigenvalue weighted by Gasteiger charge is -2.26. The van der Waals surface area contributed by atoms with Crippen molar-refractivity contribution in [2.75, 3.05) is 13.1 Å². The molecule has 6 nitrogen and oxygen atoms in total. The summed E-state index contributed by atoms with van der Waals surface area (Å²) >= 11 is 0.